The Morgan fingerprint density at radius 3 is 2.61 bits per heavy atom. The summed E-state index contributed by atoms with van der Waals surface area (Å²) in [7, 11) is 0. The summed E-state index contributed by atoms with van der Waals surface area (Å²) in [5.74, 6) is 1.25. The van der Waals surface area contributed by atoms with Crippen molar-refractivity contribution in [2.24, 2.45) is 11.5 Å². The third kappa shape index (κ3) is 3.51. The van der Waals surface area contributed by atoms with Gasteiger partial charge in [0.2, 0.25) is 0 Å². The summed E-state index contributed by atoms with van der Waals surface area (Å²) in [4.78, 5) is 12.3. The van der Waals surface area contributed by atoms with Gasteiger partial charge in [0, 0.05) is 32.4 Å². The molecule has 0 bridgehead atoms. The number of hydrogen-bond acceptors (Lipinski definition) is 7. The lowest BCUT2D eigenvalue weighted by Crippen LogP contribution is -2.49. The number of halogens is 1. The molecular formula is C21H27FN8O. The van der Waals surface area contributed by atoms with Crippen molar-refractivity contribution in [2.75, 3.05) is 44.3 Å². The molecule has 2 saturated heterocycles. The number of nitrogens with one attached hydrogen (secondary N) is 3. The number of imidazole rings is 1. The Hall–Kier alpha value is -3.11. The van der Waals surface area contributed by atoms with E-state index in [1.54, 1.807) is 6.20 Å². The lowest BCUT2D eigenvalue weighted by molar-refractivity contribution is 0.123. The lowest BCUT2D eigenvalue weighted by Gasteiger charge is -2.39. The third-order valence-corrected chi connectivity index (χ3v) is 6.37. The van der Waals surface area contributed by atoms with E-state index in [1.807, 2.05) is 11.0 Å². The van der Waals surface area contributed by atoms with Crippen LogP contribution in [0.4, 0.5) is 10.1 Å². The smallest absolute Gasteiger partial charge is 0.133 e. The van der Waals surface area contributed by atoms with Gasteiger partial charge >= 0.3 is 0 Å². The highest BCUT2D eigenvalue weighted by atomic mass is 19.1. The molecule has 3 aliphatic rings. The molecule has 1 aromatic heterocycles. The van der Waals surface area contributed by atoms with Crippen molar-refractivity contribution in [1.29, 1.82) is 5.41 Å². The highest BCUT2D eigenvalue weighted by Crippen LogP contribution is 2.34. The van der Waals surface area contributed by atoms with Gasteiger partial charge in [0.05, 0.1) is 35.5 Å². The van der Waals surface area contributed by atoms with E-state index in [1.165, 1.54) is 12.1 Å². The molecule has 0 unspecified atom stereocenters. The van der Waals surface area contributed by atoms with E-state index < -0.39 is 5.54 Å². The number of fused-ring (bicyclic) bond motifs is 1. The second-order valence-corrected chi connectivity index (χ2v) is 8.30. The lowest BCUT2D eigenvalue weighted by atomic mass is 9.87. The zero-order valence-corrected chi connectivity index (χ0v) is 17.2. The molecule has 2 aromatic rings. The molecule has 10 heteroatoms. The normalized spacial score (nSPS) is 22.8. The van der Waals surface area contributed by atoms with Gasteiger partial charge in [-0.2, -0.15) is 0 Å². The average Bonchev–Trinajstić information content (AvgIpc) is 3.40. The van der Waals surface area contributed by atoms with E-state index in [9.17, 15) is 4.39 Å². The second kappa shape index (κ2) is 7.54. The minimum absolute atomic E-state index is 0.301. The van der Waals surface area contributed by atoms with Crippen molar-refractivity contribution in [1.82, 2.24) is 20.2 Å². The number of likely N-dealkylation sites (tertiary alicyclic amines) is 1. The molecule has 0 saturated carbocycles. The first-order valence-corrected chi connectivity index (χ1v) is 10.5. The molecule has 0 atom stereocenters. The van der Waals surface area contributed by atoms with Crippen molar-refractivity contribution in [3.05, 3.63) is 47.4 Å². The average molecular weight is 427 g/mol. The monoisotopic (exact) mass is 426 g/mol. The van der Waals surface area contributed by atoms with Gasteiger partial charge in [-0.25, -0.2) is 9.37 Å². The first-order chi connectivity index (χ1) is 14.9. The summed E-state index contributed by atoms with van der Waals surface area (Å²) >= 11 is 0. The van der Waals surface area contributed by atoms with Gasteiger partial charge in [-0.05, 0) is 31.1 Å². The fourth-order valence-corrected chi connectivity index (χ4v) is 4.48. The molecule has 0 radical (unpaired) electrons. The van der Waals surface area contributed by atoms with Crippen molar-refractivity contribution in [2.45, 2.75) is 18.4 Å². The molecule has 0 spiro atoms. The third-order valence-electron chi connectivity index (χ3n) is 6.37. The van der Waals surface area contributed by atoms with Crippen LogP contribution in [0.1, 0.15) is 18.7 Å². The number of anilines is 1. The number of aromatic nitrogens is 2. The SMILES string of the molecule is N=C1NC=C/C1=C(/N)N1CCC(N)(c2nc3c(N4CCOCC4)cc(F)cc3[nH]2)CC1. The van der Waals surface area contributed by atoms with Gasteiger partial charge in [-0.3, -0.25) is 5.41 Å². The number of ether oxygens (including phenoxy) is 1. The predicted octanol–water partition coefficient (Wildman–Crippen LogP) is 1.05. The maximum Gasteiger partial charge on any atom is 0.133 e. The number of aromatic amines is 1. The molecule has 5 rings (SSSR count). The molecule has 31 heavy (non-hydrogen) atoms. The van der Waals surface area contributed by atoms with E-state index in [4.69, 9.17) is 26.6 Å². The van der Waals surface area contributed by atoms with Gasteiger partial charge in [-0.1, -0.05) is 0 Å². The van der Waals surface area contributed by atoms with Gasteiger partial charge in [-0.15, -0.1) is 0 Å². The van der Waals surface area contributed by atoms with Gasteiger partial charge in [0.25, 0.3) is 0 Å². The van der Waals surface area contributed by atoms with Crippen LogP contribution >= 0.6 is 0 Å². The Morgan fingerprint density at radius 2 is 1.94 bits per heavy atom. The van der Waals surface area contributed by atoms with Crippen LogP contribution in [-0.2, 0) is 10.3 Å². The Balaban J connectivity index is 1.41. The zero-order chi connectivity index (χ0) is 21.6. The second-order valence-electron chi connectivity index (χ2n) is 8.30. The van der Waals surface area contributed by atoms with Crippen molar-refractivity contribution in [3.8, 4) is 0 Å². The Bertz CT molecular complexity index is 1080. The van der Waals surface area contributed by atoms with E-state index in [0.717, 1.165) is 11.2 Å². The summed E-state index contributed by atoms with van der Waals surface area (Å²) in [5, 5.41) is 10.8. The highest BCUT2D eigenvalue weighted by molar-refractivity contribution is 6.02. The van der Waals surface area contributed by atoms with E-state index in [2.05, 4.69) is 15.2 Å². The quantitative estimate of drug-likeness (QED) is 0.496. The molecular weight excluding hydrogens is 399 g/mol. The van der Waals surface area contributed by atoms with Gasteiger partial charge in [0.1, 0.15) is 28.8 Å². The van der Waals surface area contributed by atoms with Gasteiger partial charge in [0.15, 0.2) is 0 Å². The van der Waals surface area contributed by atoms with Crippen LogP contribution in [0.3, 0.4) is 0 Å². The maximum absolute atomic E-state index is 14.3. The minimum Gasteiger partial charge on any atom is -0.385 e. The molecule has 3 aliphatic heterocycles. The van der Waals surface area contributed by atoms with Crippen LogP contribution in [0.15, 0.2) is 35.8 Å². The number of piperidine rings is 1. The summed E-state index contributed by atoms with van der Waals surface area (Å²) in [6.45, 7) is 3.94. The van der Waals surface area contributed by atoms with Crippen LogP contribution in [-0.4, -0.2) is 60.1 Å². The van der Waals surface area contributed by atoms with Gasteiger partial charge < -0.3 is 36.3 Å². The number of nitrogens with two attached hydrogens (primary N) is 2. The summed E-state index contributed by atoms with van der Waals surface area (Å²) in [6.07, 6.45) is 4.80. The summed E-state index contributed by atoms with van der Waals surface area (Å²) in [5.41, 5.74) is 15.3. The van der Waals surface area contributed by atoms with Crippen molar-refractivity contribution in [3.63, 3.8) is 0 Å². The largest absolute Gasteiger partial charge is 0.385 e. The predicted molar refractivity (Wildman–Crippen MR) is 117 cm³/mol. The first kappa shape index (κ1) is 19.8. The van der Waals surface area contributed by atoms with E-state index >= 15 is 0 Å². The molecule has 0 aliphatic carbocycles. The standard InChI is InChI=1S/C21H27FN8O/c22-13-11-15-17(16(12-13)29-7-9-31-10-8-29)28-20(27-15)21(25)2-5-30(6-3-21)19(24)14-1-4-26-18(14)23/h1,4,11-12H,2-3,5-10,24-25H2,(H2,23,26)(H,27,28)/b19-14+. The molecule has 7 N–H and O–H groups in total. The van der Waals surface area contributed by atoms with E-state index in [0.29, 0.717) is 80.8 Å². The number of rotatable bonds is 3. The number of morpholine rings is 1. The molecule has 0 amide bonds. The molecule has 164 valence electrons. The van der Waals surface area contributed by atoms with Crippen LogP contribution in [0.5, 0.6) is 0 Å². The zero-order valence-electron chi connectivity index (χ0n) is 17.2. The van der Waals surface area contributed by atoms with E-state index in [-0.39, 0.29) is 5.82 Å². The Labute approximate surface area is 179 Å². The van der Waals surface area contributed by atoms with Crippen LogP contribution < -0.4 is 21.7 Å². The number of benzene rings is 1. The number of amidine groups is 1. The molecule has 9 nitrogen and oxygen atoms in total. The summed E-state index contributed by atoms with van der Waals surface area (Å²) in [6, 6.07) is 3.01. The van der Waals surface area contributed by atoms with Crippen LogP contribution in [0, 0.1) is 11.2 Å². The summed E-state index contributed by atoms with van der Waals surface area (Å²) < 4.78 is 19.8. The van der Waals surface area contributed by atoms with Crippen molar-refractivity contribution < 1.29 is 9.13 Å². The highest BCUT2D eigenvalue weighted by Gasteiger charge is 2.36. The molecule has 2 fully saturated rings. The van der Waals surface area contributed by atoms with Crippen LogP contribution in [0.2, 0.25) is 0 Å². The van der Waals surface area contributed by atoms with Crippen molar-refractivity contribution >= 4 is 22.6 Å². The fraction of sp³-hybridized carbons (Fsp3) is 0.429. The Kier molecular flexibility index (Phi) is 4.82. The first-order valence-electron chi connectivity index (χ1n) is 10.5. The maximum atomic E-state index is 14.3. The fourth-order valence-electron chi connectivity index (χ4n) is 4.48. The number of nitrogens with zero attached hydrogens (tertiary/aromatic N) is 3. The topological polar surface area (TPSA) is 132 Å². The van der Waals surface area contributed by atoms with Crippen LogP contribution in [0.25, 0.3) is 11.0 Å². The molecule has 1 aromatic carbocycles. The Morgan fingerprint density at radius 1 is 1.19 bits per heavy atom. The number of H-pyrrole nitrogens is 1. The molecule has 4 heterocycles. The minimum atomic E-state index is -0.656. The number of hydrogen-bond donors (Lipinski definition) is 5.